The molecule has 0 aliphatic rings. The first-order valence-electron chi connectivity index (χ1n) is 6.61. The predicted octanol–water partition coefficient (Wildman–Crippen LogP) is 4.67. The highest BCUT2D eigenvalue weighted by atomic mass is 35.5. The monoisotopic (exact) mass is 345 g/mol. The smallest absolute Gasteiger partial charge is 0.202 e. The summed E-state index contributed by atoms with van der Waals surface area (Å²) in [5, 5.41) is 9.43. The summed E-state index contributed by atoms with van der Waals surface area (Å²) >= 11 is 12.3. The van der Waals surface area contributed by atoms with Gasteiger partial charge in [0.05, 0.1) is 16.0 Å². The van der Waals surface area contributed by atoms with E-state index < -0.39 is 0 Å². The number of ether oxygens (including phenoxy) is 1. The molecule has 1 aromatic heterocycles. The van der Waals surface area contributed by atoms with Crippen molar-refractivity contribution in [2.24, 2.45) is 0 Å². The van der Waals surface area contributed by atoms with Crippen molar-refractivity contribution in [2.75, 3.05) is 6.61 Å². The van der Waals surface area contributed by atoms with E-state index in [4.69, 9.17) is 37.6 Å². The predicted molar refractivity (Wildman–Crippen MR) is 89.0 cm³/mol. The van der Waals surface area contributed by atoms with Crippen molar-refractivity contribution in [2.45, 2.75) is 0 Å². The fraction of sp³-hybridized carbons (Fsp3) is 0.0588. The Kier molecular flexibility index (Phi) is 4.24. The first-order chi connectivity index (χ1) is 11.1. The van der Waals surface area contributed by atoms with Gasteiger partial charge in [-0.05, 0) is 12.1 Å². The van der Waals surface area contributed by atoms with Crippen LogP contribution in [0.15, 0.2) is 51.9 Å². The number of hydrogen-bond donors (Lipinski definition) is 0. The largest absolute Gasteiger partial charge is 0.479 e. The van der Waals surface area contributed by atoms with Crippen LogP contribution in [0, 0.1) is 11.3 Å². The van der Waals surface area contributed by atoms with Crippen LogP contribution >= 0.6 is 23.2 Å². The summed E-state index contributed by atoms with van der Waals surface area (Å²) < 4.78 is 10.7. The Morgan fingerprint density at radius 1 is 1.13 bits per heavy atom. The third-order valence-corrected chi connectivity index (χ3v) is 3.90. The molecule has 6 heteroatoms. The van der Waals surface area contributed by atoms with Crippen molar-refractivity contribution < 1.29 is 9.15 Å². The molecule has 0 N–H and O–H groups in total. The van der Waals surface area contributed by atoms with E-state index in [1.54, 1.807) is 24.3 Å². The molecule has 0 unspecified atom stereocenters. The van der Waals surface area contributed by atoms with Crippen LogP contribution < -0.4 is 10.2 Å². The van der Waals surface area contributed by atoms with Gasteiger partial charge in [0, 0.05) is 16.7 Å². The van der Waals surface area contributed by atoms with E-state index in [0.29, 0.717) is 21.9 Å². The van der Waals surface area contributed by atoms with E-state index in [9.17, 15) is 4.79 Å². The summed E-state index contributed by atoms with van der Waals surface area (Å²) in [4.78, 5) is 12.7. The summed E-state index contributed by atoms with van der Waals surface area (Å²) in [5.41, 5.74) is 0.906. The van der Waals surface area contributed by atoms with Crippen LogP contribution in [-0.4, -0.2) is 6.61 Å². The molecule has 1 heterocycles. The molecule has 3 aromatic rings. The van der Waals surface area contributed by atoms with Crippen LogP contribution in [-0.2, 0) is 0 Å². The van der Waals surface area contributed by atoms with Crippen molar-refractivity contribution in [3.63, 3.8) is 0 Å². The second-order valence-corrected chi connectivity index (χ2v) is 5.50. The Bertz CT molecular complexity index is 989. The first-order valence-corrected chi connectivity index (χ1v) is 7.37. The van der Waals surface area contributed by atoms with E-state index >= 15 is 0 Å². The number of fused-ring (bicyclic) bond motifs is 1. The molecule has 0 radical (unpaired) electrons. The summed E-state index contributed by atoms with van der Waals surface area (Å²) in [5.74, 6) is 0.359. The lowest BCUT2D eigenvalue weighted by Gasteiger charge is -2.08. The average molecular weight is 346 g/mol. The summed E-state index contributed by atoms with van der Waals surface area (Å²) in [6, 6.07) is 11.9. The SMILES string of the molecule is N#CCOc1cc(Cl)c2c(=O)c(-c3ccccc3Cl)coc2c1. The third kappa shape index (κ3) is 2.89. The lowest BCUT2D eigenvalue weighted by molar-refractivity contribution is 0.368. The maximum absolute atomic E-state index is 12.7. The number of rotatable bonds is 3. The molecule has 114 valence electrons. The van der Waals surface area contributed by atoms with Crippen molar-refractivity contribution in [1.29, 1.82) is 5.26 Å². The highest BCUT2D eigenvalue weighted by Crippen LogP contribution is 2.31. The quantitative estimate of drug-likeness (QED) is 0.691. The molecule has 23 heavy (non-hydrogen) atoms. The minimum absolute atomic E-state index is 0.121. The fourth-order valence-corrected chi connectivity index (χ4v) is 2.77. The van der Waals surface area contributed by atoms with Gasteiger partial charge in [0.25, 0.3) is 0 Å². The highest BCUT2D eigenvalue weighted by Gasteiger charge is 2.15. The zero-order valence-electron chi connectivity index (χ0n) is 11.7. The van der Waals surface area contributed by atoms with Gasteiger partial charge in [-0.1, -0.05) is 41.4 Å². The molecule has 0 atom stereocenters. The van der Waals surface area contributed by atoms with Crippen LogP contribution in [0.1, 0.15) is 0 Å². The van der Waals surface area contributed by atoms with E-state index in [-0.39, 0.29) is 28.0 Å². The Balaban J connectivity index is 2.21. The summed E-state index contributed by atoms with van der Waals surface area (Å²) in [6.07, 6.45) is 1.34. The van der Waals surface area contributed by atoms with Crippen LogP contribution in [0.25, 0.3) is 22.1 Å². The van der Waals surface area contributed by atoms with Gasteiger partial charge in [0.15, 0.2) is 6.61 Å². The summed E-state index contributed by atoms with van der Waals surface area (Å²) in [6.45, 7) is -0.121. The molecular formula is C17H9Cl2NO3. The van der Waals surface area contributed by atoms with Gasteiger partial charge in [-0.2, -0.15) is 5.26 Å². The molecule has 0 aliphatic carbocycles. The van der Waals surface area contributed by atoms with E-state index in [1.807, 2.05) is 6.07 Å². The Labute approximate surface area is 141 Å². The van der Waals surface area contributed by atoms with Gasteiger partial charge in [0.2, 0.25) is 5.43 Å². The lowest BCUT2D eigenvalue weighted by atomic mass is 10.1. The first kappa shape index (κ1) is 15.4. The van der Waals surface area contributed by atoms with Gasteiger partial charge in [-0.3, -0.25) is 4.79 Å². The van der Waals surface area contributed by atoms with Crippen LogP contribution in [0.5, 0.6) is 5.75 Å². The molecule has 4 nitrogen and oxygen atoms in total. The molecule has 0 saturated carbocycles. The number of halogens is 2. The normalized spacial score (nSPS) is 10.5. The molecule has 0 bridgehead atoms. The molecule has 0 amide bonds. The second-order valence-electron chi connectivity index (χ2n) is 4.68. The van der Waals surface area contributed by atoms with Gasteiger partial charge >= 0.3 is 0 Å². The standard InChI is InChI=1S/C17H9Cl2NO3/c18-13-4-2-1-3-11(13)12-9-23-15-8-10(22-6-5-20)7-14(19)16(15)17(12)21/h1-4,7-9H,6H2. The maximum Gasteiger partial charge on any atom is 0.202 e. The highest BCUT2D eigenvalue weighted by molar-refractivity contribution is 6.35. The molecule has 2 aromatic carbocycles. The number of nitriles is 1. The van der Waals surface area contributed by atoms with Crippen LogP contribution in [0.3, 0.4) is 0 Å². The Morgan fingerprint density at radius 2 is 1.91 bits per heavy atom. The molecule has 0 aliphatic heterocycles. The van der Waals surface area contributed by atoms with E-state index in [0.717, 1.165) is 0 Å². The molecule has 0 saturated heterocycles. The maximum atomic E-state index is 12.7. The third-order valence-electron chi connectivity index (χ3n) is 3.27. The molecular weight excluding hydrogens is 337 g/mol. The van der Waals surface area contributed by atoms with Crippen LogP contribution in [0.2, 0.25) is 10.0 Å². The topological polar surface area (TPSA) is 63.2 Å². The zero-order chi connectivity index (χ0) is 16.4. The van der Waals surface area contributed by atoms with E-state index in [1.165, 1.54) is 18.4 Å². The van der Waals surface area contributed by atoms with Crippen molar-refractivity contribution in [3.8, 4) is 22.9 Å². The van der Waals surface area contributed by atoms with Gasteiger partial charge in [-0.25, -0.2) is 0 Å². The number of nitrogens with zero attached hydrogens (tertiary/aromatic N) is 1. The van der Waals surface area contributed by atoms with Gasteiger partial charge in [0.1, 0.15) is 23.7 Å². The zero-order valence-corrected chi connectivity index (χ0v) is 13.2. The van der Waals surface area contributed by atoms with E-state index in [2.05, 4.69) is 0 Å². The van der Waals surface area contributed by atoms with Gasteiger partial charge < -0.3 is 9.15 Å². The van der Waals surface area contributed by atoms with Crippen molar-refractivity contribution in [3.05, 3.63) is 62.9 Å². The van der Waals surface area contributed by atoms with Crippen LogP contribution in [0.4, 0.5) is 0 Å². The van der Waals surface area contributed by atoms with Crippen molar-refractivity contribution in [1.82, 2.24) is 0 Å². The molecule has 0 spiro atoms. The second kappa shape index (κ2) is 6.33. The Morgan fingerprint density at radius 3 is 2.65 bits per heavy atom. The lowest BCUT2D eigenvalue weighted by Crippen LogP contribution is -2.06. The minimum atomic E-state index is -0.281. The van der Waals surface area contributed by atoms with Crippen molar-refractivity contribution >= 4 is 34.2 Å². The molecule has 3 rings (SSSR count). The average Bonchev–Trinajstić information content (AvgIpc) is 2.54. The number of hydrogen-bond acceptors (Lipinski definition) is 4. The van der Waals surface area contributed by atoms with Gasteiger partial charge in [-0.15, -0.1) is 0 Å². The summed E-state index contributed by atoms with van der Waals surface area (Å²) in [7, 11) is 0. The minimum Gasteiger partial charge on any atom is -0.479 e. The Hall–Kier alpha value is -2.48. The number of benzene rings is 2. The molecule has 0 fully saturated rings. The fourth-order valence-electron chi connectivity index (χ4n) is 2.25.